The highest BCUT2D eigenvalue weighted by atomic mass is 19.1. The molecule has 0 aliphatic heterocycles. The summed E-state index contributed by atoms with van der Waals surface area (Å²) in [7, 11) is 0. The molecule has 0 fully saturated rings. The van der Waals surface area contributed by atoms with Gasteiger partial charge in [-0.1, -0.05) is 30.3 Å². The summed E-state index contributed by atoms with van der Waals surface area (Å²) >= 11 is 0. The molecule has 1 aromatic carbocycles. The van der Waals surface area contributed by atoms with Gasteiger partial charge in [0.25, 0.3) is 0 Å². The molecule has 0 heterocycles. The lowest BCUT2D eigenvalue weighted by molar-refractivity contribution is -0.171. The number of carbonyl (C=O) groups is 2. The van der Waals surface area contributed by atoms with Crippen molar-refractivity contribution in [2.75, 3.05) is 19.9 Å². The number of alkyl halides is 1. The summed E-state index contributed by atoms with van der Waals surface area (Å²) in [5.41, 5.74) is 0.496. The van der Waals surface area contributed by atoms with Crippen molar-refractivity contribution in [1.82, 2.24) is 0 Å². The predicted molar refractivity (Wildman–Crippen MR) is 84.4 cm³/mol. The van der Waals surface area contributed by atoms with E-state index in [1.165, 1.54) is 0 Å². The molecule has 1 aromatic rings. The second kappa shape index (κ2) is 7.40. The van der Waals surface area contributed by atoms with E-state index >= 15 is 0 Å². The van der Waals surface area contributed by atoms with Gasteiger partial charge in [-0.25, -0.2) is 4.39 Å². The highest BCUT2D eigenvalue weighted by Gasteiger charge is 2.49. The second-order valence-electron chi connectivity index (χ2n) is 5.42. The standard InChI is InChI=1S/C18H21FO4/c1-3-22-16(20)18(17(21)23-4-2)10-9-14(12-19)15-8-6-5-7-13(15)11-18/h5-9H,3-4,10-12H2,1-2H3. The molecule has 0 radical (unpaired) electrons. The smallest absolute Gasteiger partial charge is 0.324 e. The van der Waals surface area contributed by atoms with Crippen LogP contribution in [0.2, 0.25) is 0 Å². The first kappa shape index (κ1) is 17.2. The van der Waals surface area contributed by atoms with E-state index < -0.39 is 24.0 Å². The van der Waals surface area contributed by atoms with Crippen molar-refractivity contribution < 1.29 is 23.5 Å². The molecule has 23 heavy (non-hydrogen) atoms. The van der Waals surface area contributed by atoms with Crippen molar-refractivity contribution >= 4 is 17.5 Å². The summed E-state index contributed by atoms with van der Waals surface area (Å²) in [6.45, 7) is 3.05. The summed E-state index contributed by atoms with van der Waals surface area (Å²) in [6.07, 6.45) is 1.82. The Hall–Kier alpha value is -2.17. The number of allylic oxidation sites excluding steroid dienone is 2. The Labute approximate surface area is 135 Å². The summed E-state index contributed by atoms with van der Waals surface area (Å²) in [4.78, 5) is 25.1. The van der Waals surface area contributed by atoms with Crippen molar-refractivity contribution in [2.45, 2.75) is 26.7 Å². The number of carbonyl (C=O) groups excluding carboxylic acids is 2. The van der Waals surface area contributed by atoms with Gasteiger partial charge in [0.1, 0.15) is 6.67 Å². The minimum atomic E-state index is -1.46. The van der Waals surface area contributed by atoms with Gasteiger partial charge in [0.15, 0.2) is 5.41 Å². The topological polar surface area (TPSA) is 52.6 Å². The fourth-order valence-corrected chi connectivity index (χ4v) is 2.85. The van der Waals surface area contributed by atoms with Crippen LogP contribution in [0, 0.1) is 5.41 Å². The van der Waals surface area contributed by atoms with Gasteiger partial charge in [-0.15, -0.1) is 0 Å². The van der Waals surface area contributed by atoms with Crippen LogP contribution >= 0.6 is 0 Å². The summed E-state index contributed by atoms with van der Waals surface area (Å²) in [5, 5.41) is 0. The number of halogens is 1. The molecule has 0 bridgehead atoms. The number of ether oxygens (including phenoxy) is 2. The number of hydrogen-bond acceptors (Lipinski definition) is 4. The maximum atomic E-state index is 13.4. The maximum Gasteiger partial charge on any atom is 0.324 e. The van der Waals surface area contributed by atoms with E-state index in [1.807, 2.05) is 6.07 Å². The van der Waals surface area contributed by atoms with E-state index in [0.29, 0.717) is 5.57 Å². The molecule has 1 aliphatic carbocycles. The minimum Gasteiger partial charge on any atom is -0.465 e. The Kier molecular flexibility index (Phi) is 5.53. The molecule has 0 saturated carbocycles. The molecule has 0 amide bonds. The van der Waals surface area contributed by atoms with E-state index in [4.69, 9.17) is 9.47 Å². The molecule has 0 atom stereocenters. The number of esters is 2. The Morgan fingerprint density at radius 2 is 1.74 bits per heavy atom. The molecular weight excluding hydrogens is 299 g/mol. The van der Waals surface area contributed by atoms with Gasteiger partial charge in [-0.3, -0.25) is 9.59 Å². The van der Waals surface area contributed by atoms with Crippen LogP contribution in [-0.2, 0) is 25.5 Å². The average molecular weight is 320 g/mol. The molecule has 2 rings (SSSR count). The zero-order valence-electron chi connectivity index (χ0n) is 13.4. The van der Waals surface area contributed by atoms with Crippen LogP contribution in [0.15, 0.2) is 30.3 Å². The third-order valence-corrected chi connectivity index (χ3v) is 4.03. The lowest BCUT2D eigenvalue weighted by Gasteiger charge is -2.27. The Bertz CT molecular complexity index is 603. The monoisotopic (exact) mass is 320 g/mol. The minimum absolute atomic E-state index is 0.0681. The Morgan fingerprint density at radius 3 is 2.30 bits per heavy atom. The van der Waals surface area contributed by atoms with Gasteiger partial charge >= 0.3 is 11.9 Å². The first-order chi connectivity index (χ1) is 11.1. The molecule has 0 aromatic heterocycles. The van der Waals surface area contributed by atoms with E-state index in [1.54, 1.807) is 38.1 Å². The summed E-state index contributed by atoms with van der Waals surface area (Å²) in [6, 6.07) is 7.22. The van der Waals surface area contributed by atoms with Gasteiger partial charge in [0.05, 0.1) is 13.2 Å². The molecule has 0 spiro atoms. The van der Waals surface area contributed by atoms with Gasteiger partial charge < -0.3 is 9.47 Å². The Balaban J connectivity index is 2.54. The van der Waals surface area contributed by atoms with Gasteiger partial charge in [0.2, 0.25) is 0 Å². The van der Waals surface area contributed by atoms with Crippen molar-refractivity contribution in [1.29, 1.82) is 0 Å². The van der Waals surface area contributed by atoms with E-state index in [0.717, 1.165) is 11.1 Å². The molecule has 0 unspecified atom stereocenters. The SMILES string of the molecule is CCOC(=O)C1(C(=O)OCC)CC=C(CF)c2ccccc2C1. The third-order valence-electron chi connectivity index (χ3n) is 4.03. The first-order valence-electron chi connectivity index (χ1n) is 7.76. The molecule has 0 saturated heterocycles. The number of rotatable bonds is 5. The average Bonchev–Trinajstić information content (AvgIpc) is 2.72. The highest BCUT2D eigenvalue weighted by Crippen LogP contribution is 2.38. The summed E-state index contributed by atoms with van der Waals surface area (Å²) in [5.74, 6) is -1.24. The van der Waals surface area contributed by atoms with Gasteiger partial charge in [-0.05, 0) is 37.0 Å². The maximum absolute atomic E-state index is 13.4. The van der Waals surface area contributed by atoms with Crippen LogP contribution in [0.5, 0.6) is 0 Å². The summed E-state index contributed by atoms with van der Waals surface area (Å²) < 4.78 is 23.6. The number of fused-ring (bicyclic) bond motifs is 1. The van der Waals surface area contributed by atoms with Crippen molar-refractivity contribution in [3.05, 3.63) is 41.5 Å². The van der Waals surface area contributed by atoms with Crippen molar-refractivity contribution in [2.24, 2.45) is 5.41 Å². The molecule has 5 heteroatoms. The second-order valence-corrected chi connectivity index (χ2v) is 5.42. The van der Waals surface area contributed by atoms with E-state index in [9.17, 15) is 14.0 Å². The third kappa shape index (κ3) is 3.28. The molecule has 4 nitrogen and oxygen atoms in total. The first-order valence-corrected chi connectivity index (χ1v) is 7.76. The van der Waals surface area contributed by atoms with Crippen LogP contribution < -0.4 is 0 Å². The molecule has 124 valence electrons. The lowest BCUT2D eigenvalue weighted by Crippen LogP contribution is -2.43. The van der Waals surface area contributed by atoms with Crippen LogP contribution in [0.1, 0.15) is 31.4 Å². The van der Waals surface area contributed by atoms with Crippen LogP contribution in [0.3, 0.4) is 0 Å². The Morgan fingerprint density at radius 1 is 1.13 bits per heavy atom. The van der Waals surface area contributed by atoms with Crippen LogP contribution in [-0.4, -0.2) is 31.8 Å². The molecule has 0 N–H and O–H groups in total. The fourth-order valence-electron chi connectivity index (χ4n) is 2.85. The zero-order chi connectivity index (χ0) is 16.9. The molecular formula is C18H21FO4. The predicted octanol–water partition coefficient (Wildman–Crippen LogP) is 3.10. The van der Waals surface area contributed by atoms with E-state index in [-0.39, 0.29) is 26.1 Å². The van der Waals surface area contributed by atoms with Crippen LogP contribution in [0.25, 0.3) is 5.57 Å². The normalized spacial score (nSPS) is 15.9. The van der Waals surface area contributed by atoms with Crippen molar-refractivity contribution in [3.8, 4) is 0 Å². The zero-order valence-corrected chi connectivity index (χ0v) is 13.4. The highest BCUT2D eigenvalue weighted by molar-refractivity contribution is 6.01. The van der Waals surface area contributed by atoms with Gasteiger partial charge in [-0.2, -0.15) is 0 Å². The molecule has 1 aliphatic rings. The lowest BCUT2D eigenvalue weighted by atomic mass is 9.79. The van der Waals surface area contributed by atoms with Gasteiger partial charge in [0, 0.05) is 6.42 Å². The van der Waals surface area contributed by atoms with E-state index in [2.05, 4.69) is 0 Å². The van der Waals surface area contributed by atoms with Crippen LogP contribution in [0.4, 0.5) is 4.39 Å². The van der Waals surface area contributed by atoms with Crippen molar-refractivity contribution in [3.63, 3.8) is 0 Å². The quantitative estimate of drug-likeness (QED) is 0.618. The number of hydrogen-bond donors (Lipinski definition) is 0. The largest absolute Gasteiger partial charge is 0.465 e. The fraction of sp³-hybridized carbons (Fsp3) is 0.444. The number of benzene rings is 1.